The van der Waals surface area contributed by atoms with E-state index >= 15 is 0 Å². The van der Waals surface area contributed by atoms with Gasteiger partial charge in [0, 0.05) is 29.9 Å². The second-order valence-electron chi connectivity index (χ2n) is 4.28. The maximum absolute atomic E-state index is 5.58. The van der Waals surface area contributed by atoms with Crippen LogP contribution in [0.25, 0.3) is 10.8 Å². The minimum Gasteiger partial charge on any atom is -0.445 e. The van der Waals surface area contributed by atoms with E-state index in [9.17, 15) is 0 Å². The van der Waals surface area contributed by atoms with E-state index in [0.717, 1.165) is 40.3 Å². The van der Waals surface area contributed by atoms with Gasteiger partial charge < -0.3 is 4.42 Å². The van der Waals surface area contributed by atoms with Crippen LogP contribution in [0.2, 0.25) is 0 Å². The molecule has 0 radical (unpaired) electrons. The van der Waals surface area contributed by atoms with Crippen LogP contribution in [0.3, 0.4) is 0 Å². The highest BCUT2D eigenvalue weighted by atomic mass is 32.2. The lowest BCUT2D eigenvalue weighted by atomic mass is 10.4. The molecule has 0 atom stereocenters. The fourth-order valence-corrected chi connectivity index (χ4v) is 3.34. The number of hydrogen-bond acceptors (Lipinski definition) is 7. The van der Waals surface area contributed by atoms with E-state index in [1.54, 1.807) is 47.8 Å². The van der Waals surface area contributed by atoms with Crippen molar-refractivity contribution in [2.24, 2.45) is 0 Å². The number of thioether (sulfide) groups is 1. The van der Waals surface area contributed by atoms with Gasteiger partial charge in [-0.05, 0) is 6.07 Å². The van der Waals surface area contributed by atoms with Gasteiger partial charge in [0.1, 0.15) is 5.76 Å². The molecule has 0 aliphatic heterocycles. The maximum Gasteiger partial charge on any atom is 0.204 e. The van der Waals surface area contributed by atoms with E-state index in [0.29, 0.717) is 5.82 Å². The van der Waals surface area contributed by atoms with Crippen LogP contribution in [-0.2, 0) is 17.9 Å². The molecule has 0 fully saturated rings. The smallest absolute Gasteiger partial charge is 0.204 e. The molecule has 0 N–H and O–H groups in total. The van der Waals surface area contributed by atoms with Gasteiger partial charge in [0.2, 0.25) is 5.89 Å². The fourth-order valence-electron chi connectivity index (χ4n) is 1.71. The van der Waals surface area contributed by atoms with E-state index < -0.39 is 0 Å². The van der Waals surface area contributed by atoms with Crippen molar-refractivity contribution in [3.63, 3.8) is 0 Å². The van der Waals surface area contributed by atoms with Crippen LogP contribution in [0.5, 0.6) is 0 Å². The quantitative estimate of drug-likeness (QED) is 0.692. The summed E-state index contributed by atoms with van der Waals surface area (Å²) in [5.41, 5.74) is 1.04. The highest BCUT2D eigenvalue weighted by Gasteiger charge is 2.08. The van der Waals surface area contributed by atoms with Crippen molar-refractivity contribution < 1.29 is 4.42 Å². The van der Waals surface area contributed by atoms with Crippen molar-refractivity contribution in [3.05, 3.63) is 47.4 Å². The summed E-state index contributed by atoms with van der Waals surface area (Å²) in [6, 6.07) is 1.80. The molecular weight excluding hydrogens is 304 g/mol. The minimum atomic E-state index is 0.680. The number of oxazole rings is 1. The molecule has 0 unspecified atom stereocenters. The van der Waals surface area contributed by atoms with Gasteiger partial charge >= 0.3 is 0 Å². The number of aromatic nitrogens is 4. The molecule has 3 rings (SSSR count). The monoisotopic (exact) mass is 318 g/mol. The van der Waals surface area contributed by atoms with E-state index in [2.05, 4.69) is 26.9 Å². The van der Waals surface area contributed by atoms with E-state index in [1.807, 2.05) is 5.38 Å². The number of nitrogens with zero attached hydrogens (tertiary/aromatic N) is 4. The van der Waals surface area contributed by atoms with Gasteiger partial charge in [0.15, 0.2) is 10.8 Å². The summed E-state index contributed by atoms with van der Waals surface area (Å²) in [6.45, 7) is 2.06. The average molecular weight is 318 g/mol. The first-order valence-electron chi connectivity index (χ1n) is 6.58. The number of rotatable bonds is 6. The molecule has 0 bridgehead atoms. The van der Waals surface area contributed by atoms with Crippen LogP contribution in [-0.4, -0.2) is 19.9 Å². The summed E-state index contributed by atoms with van der Waals surface area (Å²) >= 11 is 3.31. The zero-order valence-electron chi connectivity index (χ0n) is 11.5. The van der Waals surface area contributed by atoms with E-state index in [1.165, 1.54) is 0 Å². The van der Waals surface area contributed by atoms with Crippen LogP contribution in [0.15, 0.2) is 34.5 Å². The molecule has 5 nitrogen and oxygen atoms in total. The van der Waals surface area contributed by atoms with Crippen molar-refractivity contribution in [2.75, 3.05) is 0 Å². The van der Waals surface area contributed by atoms with Gasteiger partial charge in [-0.25, -0.2) is 19.9 Å². The molecule has 0 saturated carbocycles. The Bertz CT molecular complexity index is 696. The zero-order valence-corrected chi connectivity index (χ0v) is 13.2. The van der Waals surface area contributed by atoms with Crippen LogP contribution in [0.1, 0.15) is 24.3 Å². The number of aryl methyl sites for hydroxylation is 1. The lowest BCUT2D eigenvalue weighted by Crippen LogP contribution is -1.87. The van der Waals surface area contributed by atoms with Gasteiger partial charge in [0.05, 0.1) is 17.6 Å². The van der Waals surface area contributed by atoms with Crippen molar-refractivity contribution in [2.45, 2.75) is 24.9 Å². The SMILES string of the molecule is CCc1cnc(CSCc2csc(-c3ncccn3)n2)o1. The van der Waals surface area contributed by atoms with Crippen molar-refractivity contribution in [3.8, 4) is 10.8 Å². The Kier molecular flexibility index (Phi) is 4.62. The lowest BCUT2D eigenvalue weighted by Gasteiger charge is -1.95. The van der Waals surface area contributed by atoms with Gasteiger partial charge in [-0.2, -0.15) is 0 Å². The van der Waals surface area contributed by atoms with Crippen molar-refractivity contribution in [1.29, 1.82) is 0 Å². The Hall–Kier alpha value is -1.73. The van der Waals surface area contributed by atoms with Crippen molar-refractivity contribution >= 4 is 23.1 Å². The van der Waals surface area contributed by atoms with Crippen LogP contribution in [0, 0.1) is 0 Å². The summed E-state index contributed by atoms with van der Waals surface area (Å²) in [6.07, 6.45) is 6.13. The first-order chi connectivity index (χ1) is 10.3. The molecule has 0 spiro atoms. The van der Waals surface area contributed by atoms with Crippen LogP contribution < -0.4 is 0 Å². The second kappa shape index (κ2) is 6.82. The lowest BCUT2D eigenvalue weighted by molar-refractivity contribution is 0.476. The van der Waals surface area contributed by atoms with Crippen molar-refractivity contribution in [1.82, 2.24) is 19.9 Å². The van der Waals surface area contributed by atoms with E-state index in [-0.39, 0.29) is 0 Å². The fraction of sp³-hybridized carbons (Fsp3) is 0.286. The topological polar surface area (TPSA) is 64.7 Å². The normalized spacial score (nSPS) is 10.9. The Balaban J connectivity index is 1.55. The predicted molar refractivity (Wildman–Crippen MR) is 84.0 cm³/mol. The first kappa shape index (κ1) is 14.2. The van der Waals surface area contributed by atoms with Gasteiger partial charge in [-0.1, -0.05) is 6.92 Å². The molecular formula is C14H14N4OS2. The number of thiazole rings is 1. The molecule has 21 heavy (non-hydrogen) atoms. The largest absolute Gasteiger partial charge is 0.445 e. The molecule has 0 saturated heterocycles. The molecule has 0 aliphatic carbocycles. The summed E-state index contributed by atoms with van der Waals surface area (Å²) in [7, 11) is 0. The molecule has 0 aromatic carbocycles. The van der Waals surface area contributed by atoms with Crippen LogP contribution >= 0.6 is 23.1 Å². The molecule has 108 valence electrons. The second-order valence-corrected chi connectivity index (χ2v) is 6.13. The molecule has 0 aliphatic rings. The Morgan fingerprint density at radius 3 is 2.81 bits per heavy atom. The molecule has 3 aromatic heterocycles. The maximum atomic E-state index is 5.58. The standard InChI is InChI=1S/C14H14N4OS2/c1-2-11-6-17-12(19-11)9-20-7-10-8-21-14(18-10)13-15-4-3-5-16-13/h3-6,8H,2,7,9H2,1H3. The molecule has 0 amide bonds. The van der Waals surface area contributed by atoms with Gasteiger partial charge in [-0.3, -0.25) is 0 Å². The summed E-state index contributed by atoms with van der Waals surface area (Å²) in [4.78, 5) is 17.2. The number of hydrogen-bond donors (Lipinski definition) is 0. The van der Waals surface area contributed by atoms with Gasteiger partial charge in [0.25, 0.3) is 0 Å². The molecule has 3 aromatic rings. The summed E-state index contributed by atoms with van der Waals surface area (Å²) < 4.78 is 5.58. The average Bonchev–Trinajstić information content (AvgIpc) is 3.17. The highest BCUT2D eigenvalue weighted by Crippen LogP contribution is 2.23. The zero-order chi connectivity index (χ0) is 14.5. The molecule has 7 heteroatoms. The summed E-state index contributed by atoms with van der Waals surface area (Å²) in [5.74, 6) is 3.97. The highest BCUT2D eigenvalue weighted by molar-refractivity contribution is 7.97. The first-order valence-corrected chi connectivity index (χ1v) is 8.61. The third-order valence-corrected chi connectivity index (χ3v) is 4.57. The molecule has 3 heterocycles. The predicted octanol–water partition coefficient (Wildman–Crippen LogP) is 3.58. The summed E-state index contributed by atoms with van der Waals surface area (Å²) in [5, 5.41) is 2.90. The van der Waals surface area contributed by atoms with E-state index in [4.69, 9.17) is 4.42 Å². The van der Waals surface area contributed by atoms with Crippen LogP contribution in [0.4, 0.5) is 0 Å². The third kappa shape index (κ3) is 3.68. The minimum absolute atomic E-state index is 0.680. The Labute approximate surface area is 130 Å². The Morgan fingerprint density at radius 1 is 1.19 bits per heavy atom. The third-order valence-electron chi connectivity index (χ3n) is 2.73. The Morgan fingerprint density at radius 2 is 2.05 bits per heavy atom. The van der Waals surface area contributed by atoms with Gasteiger partial charge in [-0.15, -0.1) is 23.1 Å².